The molecule has 0 unspecified atom stereocenters. The minimum atomic E-state index is -0.687. The predicted molar refractivity (Wildman–Crippen MR) is 140 cm³/mol. The number of likely N-dealkylation sites (tertiary alicyclic amines) is 1. The fourth-order valence-electron chi connectivity index (χ4n) is 3.93. The molecule has 2 N–H and O–H groups in total. The van der Waals surface area contributed by atoms with E-state index in [1.54, 1.807) is 42.5 Å². The second-order valence-electron chi connectivity index (χ2n) is 8.10. The highest BCUT2D eigenvalue weighted by Gasteiger charge is 2.21. The molecule has 0 aliphatic carbocycles. The summed E-state index contributed by atoms with van der Waals surface area (Å²) in [6.07, 6.45) is 1.84. The number of Topliss-reactive ketones (excluding diaryl/α,β-unsaturated/α-hetero) is 1. The number of hydrogen-bond acceptors (Lipinski definition) is 3. The van der Waals surface area contributed by atoms with Crippen molar-refractivity contribution in [3.63, 3.8) is 0 Å². The van der Waals surface area contributed by atoms with Gasteiger partial charge < -0.3 is 10.2 Å². The Morgan fingerprint density at radius 3 is 2.23 bits per heavy atom. The van der Waals surface area contributed by atoms with Crippen molar-refractivity contribution in [2.45, 2.75) is 26.7 Å². The van der Waals surface area contributed by atoms with Crippen molar-refractivity contribution in [3.8, 4) is 0 Å². The highest BCUT2D eigenvalue weighted by atomic mass is 35.5. The molecule has 0 aromatic heterocycles. The Bertz CT molecular complexity index is 1260. The number of halogens is 3. The summed E-state index contributed by atoms with van der Waals surface area (Å²) < 4.78 is 14.8. The van der Waals surface area contributed by atoms with E-state index >= 15 is 0 Å². The second-order valence-corrected chi connectivity index (χ2v) is 8.97. The molecule has 1 heterocycles. The third-order valence-corrected chi connectivity index (χ3v) is 6.22. The maximum Gasteiger partial charge on any atom is 0.256 e. The van der Waals surface area contributed by atoms with Gasteiger partial charge in [-0.2, -0.15) is 0 Å². The summed E-state index contributed by atoms with van der Waals surface area (Å²) >= 11 is 12.0. The molecule has 0 bridgehead atoms. The first-order valence-corrected chi connectivity index (χ1v) is 11.6. The molecule has 1 saturated heterocycles. The summed E-state index contributed by atoms with van der Waals surface area (Å²) in [4.78, 5) is 27.7. The van der Waals surface area contributed by atoms with Gasteiger partial charge in [0, 0.05) is 46.4 Å². The number of ketones is 1. The van der Waals surface area contributed by atoms with Crippen molar-refractivity contribution in [2.75, 3.05) is 18.4 Å². The molecule has 0 radical (unpaired) electrons. The summed E-state index contributed by atoms with van der Waals surface area (Å²) in [7, 11) is 0. The van der Waals surface area contributed by atoms with Gasteiger partial charge in [0.05, 0.1) is 5.56 Å². The van der Waals surface area contributed by atoms with Gasteiger partial charge in [-0.25, -0.2) is 4.39 Å². The van der Waals surface area contributed by atoms with Crippen molar-refractivity contribution in [3.05, 3.63) is 98.8 Å². The van der Waals surface area contributed by atoms with E-state index in [0.717, 1.165) is 25.9 Å². The van der Waals surface area contributed by atoms with Gasteiger partial charge in [0.1, 0.15) is 11.7 Å². The van der Waals surface area contributed by atoms with Crippen LogP contribution >= 0.6 is 23.2 Å². The number of carbonyl (C=O) groups is 2. The molecule has 4 rings (SSSR count). The smallest absolute Gasteiger partial charge is 0.256 e. The van der Waals surface area contributed by atoms with Gasteiger partial charge >= 0.3 is 0 Å². The number of nitrogens with zero attached hydrogens (tertiary/aromatic N) is 1. The number of amidine groups is 1. The van der Waals surface area contributed by atoms with Gasteiger partial charge in [0.2, 0.25) is 0 Å². The number of benzene rings is 3. The summed E-state index contributed by atoms with van der Waals surface area (Å²) in [5.41, 5.74) is 1.54. The average Bonchev–Trinajstić information content (AvgIpc) is 3.36. The van der Waals surface area contributed by atoms with Crippen LogP contribution in [0.15, 0.2) is 60.7 Å². The first kappa shape index (κ1) is 26.4. The van der Waals surface area contributed by atoms with Gasteiger partial charge in [0.15, 0.2) is 5.78 Å². The fourth-order valence-corrected chi connectivity index (χ4v) is 4.22. The van der Waals surface area contributed by atoms with E-state index in [4.69, 9.17) is 28.6 Å². The molecule has 8 heteroatoms. The Morgan fingerprint density at radius 1 is 0.914 bits per heavy atom. The summed E-state index contributed by atoms with van der Waals surface area (Å²) in [6, 6.07) is 15.5. The predicted octanol–water partition coefficient (Wildman–Crippen LogP) is 6.87. The average molecular weight is 514 g/mol. The summed E-state index contributed by atoms with van der Waals surface area (Å²) in [5.74, 6) is -1.34. The first-order valence-electron chi connectivity index (χ1n) is 10.8. The minimum Gasteiger partial charge on any atom is -0.357 e. The third-order valence-electron chi connectivity index (χ3n) is 5.73. The van der Waals surface area contributed by atoms with Crippen LogP contribution in [0.25, 0.3) is 0 Å². The molecule has 35 heavy (non-hydrogen) atoms. The largest absolute Gasteiger partial charge is 0.357 e. The van der Waals surface area contributed by atoms with E-state index in [0.29, 0.717) is 26.9 Å². The SMILES string of the molecule is C.N=C(c1ccc(C(=O)Cc2ccc(Cl)cc2C(=O)Nc2ccc(Cl)cc2)c(F)c1)N1CCCC1. The molecule has 0 saturated carbocycles. The number of rotatable bonds is 6. The van der Waals surface area contributed by atoms with Crippen LogP contribution < -0.4 is 5.32 Å². The Balaban J connectivity index is 0.00000342. The number of carbonyl (C=O) groups excluding carboxylic acids is 2. The zero-order valence-electron chi connectivity index (χ0n) is 18.2. The van der Waals surface area contributed by atoms with E-state index in [9.17, 15) is 14.0 Å². The molecular weight excluding hydrogens is 488 g/mol. The normalized spacial score (nSPS) is 12.7. The van der Waals surface area contributed by atoms with E-state index in [1.807, 2.05) is 4.90 Å². The van der Waals surface area contributed by atoms with E-state index in [2.05, 4.69) is 5.32 Å². The summed E-state index contributed by atoms with van der Waals surface area (Å²) in [5, 5.41) is 11.9. The standard InChI is InChI=1S/C26H22Cl2FN3O2.CH4/c27-18-6-8-20(9-7-18)31-26(34)22-15-19(28)5-3-16(22)14-24(33)21-10-4-17(13-23(21)29)25(30)32-11-1-2-12-32;/h3-10,13,15,30H,1-2,11-12,14H2,(H,31,34);1H4. The molecule has 1 aliphatic heterocycles. The third kappa shape index (κ3) is 6.27. The lowest BCUT2D eigenvalue weighted by Gasteiger charge is -2.18. The topological polar surface area (TPSA) is 73.3 Å². The lowest BCUT2D eigenvalue weighted by Crippen LogP contribution is -2.27. The quantitative estimate of drug-likeness (QED) is 0.214. The van der Waals surface area contributed by atoms with Crippen LogP contribution in [0.5, 0.6) is 0 Å². The molecular formula is C27H26Cl2FN3O2. The molecule has 3 aromatic carbocycles. The van der Waals surface area contributed by atoms with Crippen molar-refractivity contribution < 1.29 is 14.0 Å². The lowest BCUT2D eigenvalue weighted by molar-refractivity contribution is 0.0988. The number of amides is 1. The minimum absolute atomic E-state index is 0. The van der Waals surface area contributed by atoms with Crippen LogP contribution in [0.3, 0.4) is 0 Å². The number of hydrogen-bond donors (Lipinski definition) is 2. The molecule has 5 nitrogen and oxygen atoms in total. The maximum absolute atomic E-state index is 14.8. The van der Waals surface area contributed by atoms with Gasteiger partial charge in [-0.1, -0.05) is 42.8 Å². The Kier molecular flexibility index (Phi) is 8.65. The second kappa shape index (κ2) is 11.5. The highest BCUT2D eigenvalue weighted by molar-refractivity contribution is 6.31. The molecule has 3 aromatic rings. The maximum atomic E-state index is 14.8. The summed E-state index contributed by atoms with van der Waals surface area (Å²) in [6.45, 7) is 1.55. The zero-order valence-corrected chi connectivity index (χ0v) is 19.7. The zero-order chi connectivity index (χ0) is 24.2. The van der Waals surface area contributed by atoms with Crippen LogP contribution in [0, 0.1) is 11.2 Å². The van der Waals surface area contributed by atoms with Crippen LogP contribution in [-0.4, -0.2) is 35.5 Å². The van der Waals surface area contributed by atoms with Crippen LogP contribution in [0.2, 0.25) is 10.0 Å². The van der Waals surface area contributed by atoms with Crippen LogP contribution in [-0.2, 0) is 6.42 Å². The lowest BCUT2D eigenvalue weighted by atomic mass is 9.97. The molecule has 1 amide bonds. The van der Waals surface area contributed by atoms with Crippen molar-refractivity contribution in [1.29, 1.82) is 5.41 Å². The van der Waals surface area contributed by atoms with Crippen LogP contribution in [0.1, 0.15) is 52.1 Å². The van der Waals surface area contributed by atoms with Gasteiger partial charge in [-0.05, 0) is 66.9 Å². The highest BCUT2D eigenvalue weighted by Crippen LogP contribution is 2.22. The molecule has 182 valence electrons. The van der Waals surface area contributed by atoms with Gasteiger partial charge in [0.25, 0.3) is 5.91 Å². The van der Waals surface area contributed by atoms with Crippen molar-refractivity contribution >= 4 is 46.4 Å². The Morgan fingerprint density at radius 2 is 1.57 bits per heavy atom. The molecule has 0 spiro atoms. The molecule has 0 atom stereocenters. The van der Waals surface area contributed by atoms with Crippen molar-refractivity contribution in [2.24, 2.45) is 0 Å². The number of nitrogens with one attached hydrogen (secondary N) is 2. The van der Waals surface area contributed by atoms with Crippen LogP contribution in [0.4, 0.5) is 10.1 Å². The fraction of sp³-hybridized carbons (Fsp3) is 0.222. The Labute approximate surface area is 214 Å². The van der Waals surface area contributed by atoms with E-state index < -0.39 is 17.5 Å². The van der Waals surface area contributed by atoms with Gasteiger partial charge in [-0.15, -0.1) is 0 Å². The van der Waals surface area contributed by atoms with E-state index in [-0.39, 0.29) is 30.8 Å². The Hall–Kier alpha value is -3.22. The van der Waals surface area contributed by atoms with Gasteiger partial charge in [-0.3, -0.25) is 15.0 Å². The van der Waals surface area contributed by atoms with Crippen molar-refractivity contribution in [1.82, 2.24) is 4.90 Å². The van der Waals surface area contributed by atoms with E-state index in [1.165, 1.54) is 18.2 Å². The monoisotopic (exact) mass is 513 g/mol. The first-order chi connectivity index (χ1) is 16.3. The molecule has 1 fully saturated rings. The number of anilines is 1. The molecule has 1 aliphatic rings.